The Hall–Kier alpha value is -2.96. The number of methoxy groups -OCH3 is 1. The van der Waals surface area contributed by atoms with E-state index in [1.54, 1.807) is 26.3 Å². The molecule has 0 spiro atoms. The van der Waals surface area contributed by atoms with Crippen LogP contribution in [0.1, 0.15) is 61.9 Å². The summed E-state index contributed by atoms with van der Waals surface area (Å²) in [5, 5.41) is 8.70. The first-order valence-electron chi connectivity index (χ1n) is 10.6. The maximum Gasteiger partial charge on any atom is 0.274 e. The van der Waals surface area contributed by atoms with E-state index in [2.05, 4.69) is 40.0 Å². The molecule has 1 aromatic carbocycles. The Balaban J connectivity index is 1.57. The standard InChI is InChI=1S/C23H29N5O2/c1-14(2)16-5-7-18(8-6-16)28-13-17-11-21(22(30-4)12-20(17)27-28)26-23(29)19-9-10-24-15(3)25-19/h9-14,16,18H,5-8H2,1-4H3,(H,26,29)/t16-,18-. The molecule has 30 heavy (non-hydrogen) atoms. The third-order valence-electron chi connectivity index (χ3n) is 6.16. The van der Waals surface area contributed by atoms with Gasteiger partial charge in [0.1, 0.15) is 17.3 Å². The van der Waals surface area contributed by atoms with Crippen LogP contribution < -0.4 is 10.1 Å². The first-order valence-corrected chi connectivity index (χ1v) is 10.6. The van der Waals surface area contributed by atoms with Crippen LogP contribution in [0, 0.1) is 18.8 Å². The lowest BCUT2D eigenvalue weighted by atomic mass is 9.80. The Morgan fingerprint density at radius 3 is 2.67 bits per heavy atom. The topological polar surface area (TPSA) is 81.9 Å². The van der Waals surface area contributed by atoms with E-state index in [1.165, 1.54) is 12.8 Å². The lowest BCUT2D eigenvalue weighted by molar-refractivity contribution is 0.102. The van der Waals surface area contributed by atoms with Gasteiger partial charge >= 0.3 is 0 Å². The largest absolute Gasteiger partial charge is 0.494 e. The number of amides is 1. The molecule has 2 aromatic heterocycles. The number of ether oxygens (including phenoxy) is 1. The first kappa shape index (κ1) is 20.3. The third-order valence-corrected chi connectivity index (χ3v) is 6.16. The molecule has 0 unspecified atom stereocenters. The summed E-state index contributed by atoms with van der Waals surface area (Å²) in [6.07, 6.45) is 8.48. The van der Waals surface area contributed by atoms with E-state index in [1.807, 2.05) is 12.1 Å². The quantitative estimate of drug-likeness (QED) is 0.658. The molecule has 4 rings (SSSR count). The van der Waals surface area contributed by atoms with Crippen LogP contribution in [-0.2, 0) is 0 Å². The molecule has 3 aromatic rings. The number of benzene rings is 1. The Morgan fingerprint density at radius 1 is 1.23 bits per heavy atom. The van der Waals surface area contributed by atoms with E-state index < -0.39 is 0 Å². The fourth-order valence-corrected chi connectivity index (χ4v) is 4.33. The van der Waals surface area contributed by atoms with Crippen LogP contribution in [0.15, 0.2) is 30.6 Å². The van der Waals surface area contributed by atoms with Gasteiger partial charge in [-0.2, -0.15) is 5.10 Å². The van der Waals surface area contributed by atoms with Gasteiger partial charge in [0.15, 0.2) is 0 Å². The van der Waals surface area contributed by atoms with Crippen LogP contribution in [-0.4, -0.2) is 32.8 Å². The number of hydrogen-bond acceptors (Lipinski definition) is 5. The molecule has 7 nitrogen and oxygen atoms in total. The number of aryl methyl sites for hydroxylation is 1. The number of nitrogens with one attached hydrogen (secondary N) is 1. The summed E-state index contributed by atoms with van der Waals surface area (Å²) in [6.45, 7) is 6.39. The highest BCUT2D eigenvalue weighted by Crippen LogP contribution is 2.37. The SMILES string of the molecule is COc1cc2nn([C@H]3CC[C@H](C(C)C)CC3)cc2cc1NC(=O)c1ccnc(C)n1. The van der Waals surface area contributed by atoms with Gasteiger partial charge in [0.05, 0.1) is 24.4 Å². The van der Waals surface area contributed by atoms with Gasteiger partial charge in [-0.05, 0) is 56.6 Å². The number of fused-ring (bicyclic) bond motifs is 1. The number of nitrogens with zero attached hydrogens (tertiary/aromatic N) is 4. The molecule has 1 fully saturated rings. The molecular formula is C23H29N5O2. The number of anilines is 1. The summed E-state index contributed by atoms with van der Waals surface area (Å²) in [5.74, 6) is 2.40. The van der Waals surface area contributed by atoms with Crippen molar-refractivity contribution in [2.75, 3.05) is 12.4 Å². The van der Waals surface area contributed by atoms with Gasteiger partial charge < -0.3 is 10.1 Å². The van der Waals surface area contributed by atoms with Gasteiger partial charge in [-0.1, -0.05) is 13.8 Å². The number of carbonyl (C=O) groups excluding carboxylic acids is 1. The highest BCUT2D eigenvalue weighted by Gasteiger charge is 2.25. The Labute approximate surface area is 176 Å². The van der Waals surface area contributed by atoms with Crippen molar-refractivity contribution >= 4 is 22.5 Å². The van der Waals surface area contributed by atoms with Gasteiger partial charge in [0.25, 0.3) is 5.91 Å². The molecule has 1 aliphatic rings. The number of aromatic nitrogens is 4. The molecule has 0 atom stereocenters. The molecule has 158 valence electrons. The van der Waals surface area contributed by atoms with Crippen LogP contribution in [0.5, 0.6) is 5.75 Å². The summed E-state index contributed by atoms with van der Waals surface area (Å²) in [5.41, 5.74) is 1.80. The molecule has 0 aliphatic heterocycles. The molecular weight excluding hydrogens is 378 g/mol. The molecule has 0 saturated heterocycles. The molecule has 0 radical (unpaired) electrons. The first-order chi connectivity index (χ1) is 14.4. The zero-order valence-corrected chi connectivity index (χ0v) is 18.1. The Morgan fingerprint density at radius 2 is 2.00 bits per heavy atom. The van der Waals surface area contributed by atoms with Crippen molar-refractivity contribution in [1.29, 1.82) is 0 Å². The van der Waals surface area contributed by atoms with E-state index in [-0.39, 0.29) is 5.91 Å². The smallest absolute Gasteiger partial charge is 0.274 e. The van der Waals surface area contributed by atoms with Crippen molar-refractivity contribution in [2.45, 2.75) is 52.5 Å². The molecule has 1 aliphatic carbocycles. The fraction of sp³-hybridized carbons (Fsp3) is 0.478. The summed E-state index contributed by atoms with van der Waals surface area (Å²) in [7, 11) is 1.59. The summed E-state index contributed by atoms with van der Waals surface area (Å²) in [6, 6.07) is 5.83. The molecule has 2 heterocycles. The average Bonchev–Trinajstić information content (AvgIpc) is 3.16. The highest BCUT2D eigenvalue weighted by molar-refractivity contribution is 6.05. The zero-order valence-electron chi connectivity index (χ0n) is 18.1. The van der Waals surface area contributed by atoms with Crippen LogP contribution in [0.3, 0.4) is 0 Å². The van der Waals surface area contributed by atoms with Gasteiger partial charge in [0.2, 0.25) is 0 Å². The van der Waals surface area contributed by atoms with Crippen LogP contribution in [0.2, 0.25) is 0 Å². The van der Waals surface area contributed by atoms with Gasteiger partial charge in [-0.15, -0.1) is 0 Å². The van der Waals surface area contributed by atoms with E-state index in [4.69, 9.17) is 9.84 Å². The number of hydrogen-bond donors (Lipinski definition) is 1. The minimum atomic E-state index is -0.294. The number of carbonyl (C=O) groups is 1. The van der Waals surface area contributed by atoms with Crippen molar-refractivity contribution < 1.29 is 9.53 Å². The van der Waals surface area contributed by atoms with Crippen molar-refractivity contribution in [3.63, 3.8) is 0 Å². The van der Waals surface area contributed by atoms with E-state index in [0.717, 1.165) is 35.6 Å². The molecule has 1 saturated carbocycles. The second kappa shape index (κ2) is 8.42. The maximum atomic E-state index is 12.6. The average molecular weight is 408 g/mol. The molecule has 1 N–H and O–H groups in total. The zero-order chi connectivity index (χ0) is 21.3. The second-order valence-corrected chi connectivity index (χ2v) is 8.48. The summed E-state index contributed by atoms with van der Waals surface area (Å²) in [4.78, 5) is 20.9. The Bertz CT molecular complexity index is 1050. The van der Waals surface area contributed by atoms with Crippen molar-refractivity contribution in [2.24, 2.45) is 11.8 Å². The molecule has 0 bridgehead atoms. The van der Waals surface area contributed by atoms with Crippen LogP contribution >= 0.6 is 0 Å². The van der Waals surface area contributed by atoms with Crippen LogP contribution in [0.4, 0.5) is 5.69 Å². The summed E-state index contributed by atoms with van der Waals surface area (Å²) < 4.78 is 7.61. The van der Waals surface area contributed by atoms with Crippen molar-refractivity contribution in [3.8, 4) is 5.75 Å². The predicted molar refractivity (Wildman–Crippen MR) is 117 cm³/mol. The fourth-order valence-electron chi connectivity index (χ4n) is 4.33. The van der Waals surface area contributed by atoms with E-state index in [9.17, 15) is 4.79 Å². The van der Waals surface area contributed by atoms with E-state index >= 15 is 0 Å². The van der Waals surface area contributed by atoms with Gasteiger partial charge in [0, 0.05) is 23.8 Å². The lowest BCUT2D eigenvalue weighted by Gasteiger charge is -2.30. The van der Waals surface area contributed by atoms with Gasteiger partial charge in [-0.25, -0.2) is 9.97 Å². The van der Waals surface area contributed by atoms with E-state index in [0.29, 0.717) is 29.0 Å². The van der Waals surface area contributed by atoms with Crippen molar-refractivity contribution in [3.05, 3.63) is 42.1 Å². The highest BCUT2D eigenvalue weighted by atomic mass is 16.5. The number of rotatable bonds is 5. The minimum Gasteiger partial charge on any atom is -0.494 e. The lowest BCUT2D eigenvalue weighted by Crippen LogP contribution is -2.21. The minimum absolute atomic E-state index is 0.294. The van der Waals surface area contributed by atoms with Crippen molar-refractivity contribution in [1.82, 2.24) is 19.7 Å². The van der Waals surface area contributed by atoms with Gasteiger partial charge in [-0.3, -0.25) is 9.48 Å². The monoisotopic (exact) mass is 407 g/mol. The molecule has 7 heteroatoms. The maximum absolute atomic E-state index is 12.6. The normalized spacial score (nSPS) is 19.2. The second-order valence-electron chi connectivity index (χ2n) is 8.48. The summed E-state index contributed by atoms with van der Waals surface area (Å²) >= 11 is 0. The predicted octanol–water partition coefficient (Wildman–Crippen LogP) is 4.78. The third kappa shape index (κ3) is 4.15. The molecule has 1 amide bonds. The van der Waals surface area contributed by atoms with Crippen LogP contribution in [0.25, 0.3) is 10.9 Å². The Kier molecular flexibility index (Phi) is 5.70.